The lowest BCUT2D eigenvalue weighted by Gasteiger charge is -1.93. The molecule has 0 atom stereocenters. The van der Waals surface area contributed by atoms with Gasteiger partial charge in [-0.05, 0) is 17.7 Å². The topological polar surface area (TPSA) is 12.9 Å². The van der Waals surface area contributed by atoms with Gasteiger partial charge in [0.15, 0.2) is 0 Å². The van der Waals surface area contributed by atoms with Gasteiger partial charge in [-0.3, -0.25) is 0 Å². The van der Waals surface area contributed by atoms with Crippen LogP contribution in [-0.4, -0.2) is 4.98 Å². The third-order valence-corrected chi connectivity index (χ3v) is 2.91. The van der Waals surface area contributed by atoms with Crippen molar-refractivity contribution in [1.29, 1.82) is 0 Å². The summed E-state index contributed by atoms with van der Waals surface area (Å²) in [5.74, 6) is 0. The molecular formula is C13H7N. The number of pyridine rings is 1. The van der Waals surface area contributed by atoms with Crippen LogP contribution in [0.3, 0.4) is 0 Å². The van der Waals surface area contributed by atoms with Crippen LogP contribution in [0.2, 0.25) is 0 Å². The normalized spacial score (nSPS) is 12.3. The lowest BCUT2D eigenvalue weighted by Crippen LogP contribution is -1.75. The van der Waals surface area contributed by atoms with Gasteiger partial charge in [0.25, 0.3) is 0 Å². The van der Waals surface area contributed by atoms with Gasteiger partial charge < -0.3 is 0 Å². The quantitative estimate of drug-likeness (QED) is 0.375. The average Bonchev–Trinajstić information content (AvgIpc) is 2.95. The summed E-state index contributed by atoms with van der Waals surface area (Å²) in [6.45, 7) is 0. The van der Waals surface area contributed by atoms with Crippen LogP contribution in [0, 0.1) is 0 Å². The van der Waals surface area contributed by atoms with Crippen molar-refractivity contribution in [3.8, 4) is 11.1 Å². The van der Waals surface area contributed by atoms with Gasteiger partial charge in [-0.1, -0.05) is 30.3 Å². The average molecular weight is 177 g/mol. The second kappa shape index (κ2) is 1.95. The first-order chi connectivity index (χ1) is 6.95. The fourth-order valence-corrected chi connectivity index (χ4v) is 2.24. The highest BCUT2D eigenvalue weighted by Gasteiger charge is 2.24. The second-order valence-corrected chi connectivity index (χ2v) is 3.70. The first-order valence-electron chi connectivity index (χ1n) is 4.77. The van der Waals surface area contributed by atoms with Gasteiger partial charge in [-0.15, -0.1) is 0 Å². The monoisotopic (exact) mass is 177 g/mol. The second-order valence-electron chi connectivity index (χ2n) is 3.70. The molecular weight excluding hydrogens is 170 g/mol. The van der Waals surface area contributed by atoms with E-state index >= 15 is 0 Å². The number of fused-ring (bicyclic) bond motifs is 3. The van der Waals surface area contributed by atoms with Crippen molar-refractivity contribution in [2.75, 3.05) is 0 Å². The van der Waals surface area contributed by atoms with E-state index in [0.717, 1.165) is 11.0 Å². The molecule has 4 rings (SSSR count). The Kier molecular flexibility index (Phi) is 0.914. The molecule has 1 heterocycles. The molecule has 1 aliphatic carbocycles. The third kappa shape index (κ3) is 0.609. The van der Waals surface area contributed by atoms with E-state index in [1.807, 2.05) is 6.07 Å². The predicted molar refractivity (Wildman–Crippen MR) is 58.2 cm³/mol. The molecule has 1 nitrogen and oxygen atoms in total. The number of para-hydroxylation sites is 1. The lowest BCUT2D eigenvalue weighted by molar-refractivity contribution is 1.52. The fourth-order valence-electron chi connectivity index (χ4n) is 2.24. The van der Waals surface area contributed by atoms with E-state index in [-0.39, 0.29) is 0 Å². The highest BCUT2D eigenvalue weighted by Crippen LogP contribution is 2.49. The zero-order valence-electron chi connectivity index (χ0n) is 7.49. The van der Waals surface area contributed by atoms with Crippen LogP contribution in [0.5, 0.6) is 0 Å². The molecule has 0 fully saturated rings. The van der Waals surface area contributed by atoms with Gasteiger partial charge >= 0.3 is 0 Å². The minimum atomic E-state index is 1.11. The van der Waals surface area contributed by atoms with Crippen molar-refractivity contribution < 1.29 is 0 Å². The van der Waals surface area contributed by atoms with Crippen LogP contribution in [0.1, 0.15) is 0 Å². The summed E-state index contributed by atoms with van der Waals surface area (Å²) in [6.07, 6.45) is 0. The number of rotatable bonds is 0. The summed E-state index contributed by atoms with van der Waals surface area (Å²) in [5.41, 5.74) is 5.04. The van der Waals surface area contributed by atoms with Crippen LogP contribution in [0.4, 0.5) is 0 Å². The van der Waals surface area contributed by atoms with E-state index < -0.39 is 0 Å². The molecule has 1 heteroatoms. The van der Waals surface area contributed by atoms with Crippen LogP contribution in [-0.2, 0) is 0 Å². The molecule has 0 aliphatic heterocycles. The van der Waals surface area contributed by atoms with Crippen molar-refractivity contribution in [3.05, 3.63) is 42.5 Å². The Morgan fingerprint density at radius 3 is 2.64 bits per heavy atom. The molecule has 0 saturated carbocycles. The summed E-state index contributed by atoms with van der Waals surface area (Å²) < 4.78 is 0. The smallest absolute Gasteiger partial charge is 0.0722 e. The van der Waals surface area contributed by atoms with Crippen molar-refractivity contribution in [1.82, 2.24) is 4.98 Å². The summed E-state index contributed by atoms with van der Waals surface area (Å²) >= 11 is 0. The number of hydrogen-bond donors (Lipinski definition) is 0. The van der Waals surface area contributed by atoms with Gasteiger partial charge in [0.1, 0.15) is 0 Å². The van der Waals surface area contributed by atoms with Crippen molar-refractivity contribution in [3.63, 3.8) is 0 Å². The Hall–Kier alpha value is -1.89. The zero-order valence-corrected chi connectivity index (χ0v) is 7.49. The van der Waals surface area contributed by atoms with Gasteiger partial charge in [-0.25, -0.2) is 4.98 Å². The Morgan fingerprint density at radius 2 is 1.64 bits per heavy atom. The maximum Gasteiger partial charge on any atom is 0.0722 e. The summed E-state index contributed by atoms with van der Waals surface area (Å²) in [5, 5.41) is 2.66. The maximum atomic E-state index is 4.62. The number of hydrogen-bond acceptors (Lipinski definition) is 1. The first kappa shape index (κ1) is 6.55. The SMILES string of the molecule is c1ccc2c3c4c-3cccc4nc2c1. The van der Waals surface area contributed by atoms with Crippen LogP contribution < -0.4 is 0 Å². The van der Waals surface area contributed by atoms with Crippen molar-refractivity contribution >= 4 is 21.8 Å². The Bertz CT molecular complexity index is 683. The first-order valence-corrected chi connectivity index (χ1v) is 4.77. The Balaban J connectivity index is 2.36. The molecule has 0 saturated heterocycles. The number of benzene rings is 2. The Morgan fingerprint density at radius 1 is 0.786 bits per heavy atom. The van der Waals surface area contributed by atoms with E-state index in [1.54, 1.807) is 0 Å². The standard InChI is InChI=1S/C13H7N/c1-2-6-10-8(4-1)12-9-5-3-7-11(14-10)13(9)12/h1-7H. The minimum absolute atomic E-state index is 1.11. The van der Waals surface area contributed by atoms with Crippen molar-refractivity contribution in [2.24, 2.45) is 0 Å². The van der Waals surface area contributed by atoms with E-state index in [4.69, 9.17) is 0 Å². The molecule has 0 bridgehead atoms. The molecule has 0 amide bonds. The minimum Gasteiger partial charge on any atom is -0.248 e. The van der Waals surface area contributed by atoms with E-state index in [0.29, 0.717) is 0 Å². The van der Waals surface area contributed by atoms with Gasteiger partial charge in [0, 0.05) is 16.3 Å². The van der Waals surface area contributed by atoms with E-state index in [2.05, 4.69) is 41.4 Å². The molecule has 0 unspecified atom stereocenters. The predicted octanol–water partition coefficient (Wildman–Crippen LogP) is 3.37. The van der Waals surface area contributed by atoms with Gasteiger partial charge in [0.05, 0.1) is 11.0 Å². The molecule has 14 heavy (non-hydrogen) atoms. The lowest BCUT2D eigenvalue weighted by atomic mass is 10.2. The molecule has 0 N–H and O–H groups in total. The van der Waals surface area contributed by atoms with Crippen LogP contribution in [0.25, 0.3) is 32.9 Å². The van der Waals surface area contributed by atoms with Crippen molar-refractivity contribution in [2.45, 2.75) is 0 Å². The molecule has 0 radical (unpaired) electrons. The zero-order chi connectivity index (χ0) is 9.12. The number of nitrogens with zero attached hydrogens (tertiary/aromatic N) is 1. The highest BCUT2D eigenvalue weighted by atomic mass is 14.7. The largest absolute Gasteiger partial charge is 0.248 e. The maximum absolute atomic E-state index is 4.62. The molecule has 3 aromatic rings. The highest BCUT2D eigenvalue weighted by molar-refractivity contribution is 6.27. The fraction of sp³-hybridized carbons (Fsp3) is 0. The molecule has 1 aliphatic rings. The van der Waals surface area contributed by atoms with Gasteiger partial charge in [-0.2, -0.15) is 0 Å². The molecule has 64 valence electrons. The summed E-state index contributed by atoms with van der Waals surface area (Å²) in [4.78, 5) is 4.62. The molecule has 1 aromatic heterocycles. The molecule has 0 spiro atoms. The third-order valence-electron chi connectivity index (χ3n) is 2.91. The molecule has 2 aromatic carbocycles. The summed E-state index contributed by atoms with van der Waals surface area (Å²) in [7, 11) is 0. The van der Waals surface area contributed by atoms with E-state index in [1.165, 1.54) is 21.9 Å². The number of aromatic nitrogens is 1. The van der Waals surface area contributed by atoms with E-state index in [9.17, 15) is 0 Å². The van der Waals surface area contributed by atoms with Gasteiger partial charge in [0.2, 0.25) is 0 Å². The van der Waals surface area contributed by atoms with Crippen LogP contribution >= 0.6 is 0 Å². The Labute approximate surface area is 81.0 Å². The van der Waals surface area contributed by atoms with Crippen LogP contribution in [0.15, 0.2) is 42.5 Å². The summed E-state index contributed by atoms with van der Waals surface area (Å²) in [6, 6.07) is 14.7.